The number of carbonyl (C=O) groups excluding carboxylic acids is 4. The second kappa shape index (κ2) is 14.2. The van der Waals surface area contributed by atoms with Crippen LogP contribution in [0.2, 0.25) is 0 Å². The topological polar surface area (TPSA) is 180 Å². The van der Waals surface area contributed by atoms with Crippen LogP contribution in [0.25, 0.3) is 10.9 Å². The van der Waals surface area contributed by atoms with Gasteiger partial charge in [-0.15, -0.1) is 0 Å². The van der Waals surface area contributed by atoms with Crippen LogP contribution in [-0.4, -0.2) is 84.1 Å². The molecule has 14 nitrogen and oxygen atoms in total. The summed E-state index contributed by atoms with van der Waals surface area (Å²) in [5.74, 6) is -2.24. The molecule has 1 saturated heterocycles. The Bertz CT molecular complexity index is 1830. The molecule has 2 amide bonds. The standard InChI is InChI=1S/C37H52N4O10S/c1-10-22-18-37(22,33(45)40-52(46,47)51-36(8)13-14-36)19-29(42)28-16-24(49-30-20-38-39-27-15-23(48-9)11-12-25(27)30)21-41(28)32(44)26(34(2,3)4)17-31(43)50-35(5,6)7/h11-12,15,20,22,24,26,28H,10,13-14,16-19,21H2,1-9H3,(H,40,45)/t22-,24-,26-,28+,37-/m1/s1. The Morgan fingerprint density at radius 3 is 2.37 bits per heavy atom. The van der Waals surface area contributed by atoms with Gasteiger partial charge in [0.15, 0.2) is 5.78 Å². The number of carbonyl (C=O) groups is 4. The second-order valence-corrected chi connectivity index (χ2v) is 18.1. The van der Waals surface area contributed by atoms with Crippen LogP contribution in [0, 0.1) is 22.7 Å². The van der Waals surface area contributed by atoms with Crippen LogP contribution in [0.5, 0.6) is 11.5 Å². The molecule has 2 saturated carbocycles. The number of benzene rings is 1. The first-order valence-electron chi connectivity index (χ1n) is 17.9. The van der Waals surface area contributed by atoms with Crippen molar-refractivity contribution in [1.29, 1.82) is 0 Å². The first-order chi connectivity index (χ1) is 24.1. The van der Waals surface area contributed by atoms with E-state index in [1.54, 1.807) is 53.0 Å². The lowest BCUT2D eigenvalue weighted by Crippen LogP contribution is -2.49. The monoisotopic (exact) mass is 744 g/mol. The lowest BCUT2D eigenvalue weighted by atomic mass is 9.77. The van der Waals surface area contributed by atoms with E-state index in [9.17, 15) is 27.6 Å². The highest BCUT2D eigenvalue weighted by Crippen LogP contribution is 2.58. The third kappa shape index (κ3) is 9.02. The third-order valence-corrected chi connectivity index (χ3v) is 11.4. The number of nitrogens with one attached hydrogen (secondary N) is 1. The van der Waals surface area contributed by atoms with E-state index in [0.29, 0.717) is 48.1 Å². The van der Waals surface area contributed by atoms with Crippen LogP contribution in [0.3, 0.4) is 0 Å². The fourth-order valence-electron chi connectivity index (χ4n) is 7.04. The van der Waals surface area contributed by atoms with Crippen molar-refractivity contribution >= 4 is 44.8 Å². The third-order valence-electron chi connectivity index (χ3n) is 10.3. The second-order valence-electron chi connectivity index (χ2n) is 16.8. The summed E-state index contributed by atoms with van der Waals surface area (Å²) < 4.78 is 50.2. The van der Waals surface area contributed by atoms with Crippen LogP contribution in [0.1, 0.15) is 100 Å². The van der Waals surface area contributed by atoms with Crippen LogP contribution in [0.15, 0.2) is 24.4 Å². The van der Waals surface area contributed by atoms with E-state index < -0.39 is 74.0 Å². The Hall–Kier alpha value is -3.85. The fourth-order valence-corrected chi connectivity index (χ4v) is 8.21. The van der Waals surface area contributed by atoms with Gasteiger partial charge >= 0.3 is 16.3 Å². The number of hydrogen-bond donors (Lipinski definition) is 1. The summed E-state index contributed by atoms with van der Waals surface area (Å²) in [6.45, 7) is 14.4. The van der Waals surface area contributed by atoms with E-state index in [-0.39, 0.29) is 31.7 Å². The largest absolute Gasteiger partial charge is 0.497 e. The highest BCUT2D eigenvalue weighted by atomic mass is 32.2. The number of methoxy groups -OCH3 is 1. The number of likely N-dealkylation sites (tertiary alicyclic amines) is 1. The summed E-state index contributed by atoms with van der Waals surface area (Å²) in [4.78, 5) is 57.1. The molecule has 1 aromatic carbocycles. The maximum absolute atomic E-state index is 14.6. The first kappa shape index (κ1) is 39.4. The SMILES string of the molecule is CC[C@@H]1C[C@]1(CC(=O)[C@@H]1C[C@@H](Oc2cnnc3cc(OC)ccc23)CN1C(=O)[C@@H](CC(=O)OC(C)(C)C)C(C)(C)C)C(=O)NS(=O)(=O)OC1(C)CC1. The number of ether oxygens (including phenoxy) is 3. The van der Waals surface area contributed by atoms with Crippen molar-refractivity contribution in [1.82, 2.24) is 19.8 Å². The van der Waals surface area contributed by atoms with Gasteiger partial charge < -0.3 is 19.1 Å². The number of esters is 1. The molecule has 0 spiro atoms. The number of amides is 2. The molecule has 15 heteroatoms. The predicted octanol–water partition coefficient (Wildman–Crippen LogP) is 4.69. The highest BCUT2D eigenvalue weighted by Gasteiger charge is 2.62. The fraction of sp³-hybridized carbons (Fsp3) is 0.676. The molecule has 2 aromatic rings. The molecule has 5 rings (SSSR count). The van der Waals surface area contributed by atoms with E-state index in [0.717, 1.165) is 0 Å². The Morgan fingerprint density at radius 2 is 1.79 bits per heavy atom. The molecule has 0 radical (unpaired) electrons. The van der Waals surface area contributed by atoms with E-state index >= 15 is 0 Å². The van der Waals surface area contributed by atoms with Gasteiger partial charge in [0.2, 0.25) is 11.8 Å². The summed E-state index contributed by atoms with van der Waals surface area (Å²) in [6, 6.07) is 4.26. The maximum atomic E-state index is 14.6. The normalized spacial score (nSPS) is 24.6. The van der Waals surface area contributed by atoms with E-state index in [2.05, 4.69) is 14.9 Å². The van der Waals surface area contributed by atoms with Crippen LogP contribution < -0.4 is 14.2 Å². The highest BCUT2D eigenvalue weighted by molar-refractivity contribution is 7.85. The minimum atomic E-state index is -4.41. The van der Waals surface area contributed by atoms with Gasteiger partial charge in [0.25, 0.3) is 0 Å². The van der Waals surface area contributed by atoms with Gasteiger partial charge in [-0.25, -0.2) is 8.91 Å². The van der Waals surface area contributed by atoms with Gasteiger partial charge in [0.05, 0.1) is 49.2 Å². The van der Waals surface area contributed by atoms with Crippen LogP contribution in [-0.2, 0) is 38.4 Å². The molecule has 1 N–H and O–H groups in total. The van der Waals surface area contributed by atoms with Crippen molar-refractivity contribution in [2.45, 2.75) is 124 Å². The number of rotatable bonds is 14. The van der Waals surface area contributed by atoms with Crippen molar-refractivity contribution in [3.05, 3.63) is 24.4 Å². The quantitative estimate of drug-likeness (QED) is 0.264. The van der Waals surface area contributed by atoms with E-state index in [4.69, 9.17) is 18.4 Å². The zero-order valence-corrected chi connectivity index (χ0v) is 32.4. The summed E-state index contributed by atoms with van der Waals surface area (Å²) in [5, 5.41) is 8.91. The van der Waals surface area contributed by atoms with E-state index in [1.807, 2.05) is 27.7 Å². The molecule has 3 fully saturated rings. The molecule has 0 bridgehead atoms. The molecule has 1 aliphatic heterocycles. The molecule has 2 aliphatic carbocycles. The minimum Gasteiger partial charge on any atom is -0.497 e. The van der Waals surface area contributed by atoms with Crippen molar-refractivity contribution < 1.29 is 46.0 Å². The zero-order chi connectivity index (χ0) is 38.4. The van der Waals surface area contributed by atoms with Gasteiger partial charge in [-0.05, 0) is 70.4 Å². The average molecular weight is 745 g/mol. The Morgan fingerprint density at radius 1 is 1.10 bits per heavy atom. The molecule has 0 unspecified atom stereocenters. The number of fused-ring (bicyclic) bond motifs is 1. The van der Waals surface area contributed by atoms with Gasteiger partial charge in [-0.3, -0.25) is 19.2 Å². The van der Waals surface area contributed by atoms with Crippen molar-refractivity contribution in [2.75, 3.05) is 13.7 Å². The lowest BCUT2D eigenvalue weighted by Gasteiger charge is -2.35. The van der Waals surface area contributed by atoms with Crippen molar-refractivity contribution in [2.24, 2.45) is 22.7 Å². The molecule has 3 aliphatic rings. The van der Waals surface area contributed by atoms with Gasteiger partial charge in [-0.2, -0.15) is 18.6 Å². The summed E-state index contributed by atoms with van der Waals surface area (Å²) >= 11 is 0. The number of aromatic nitrogens is 2. The summed E-state index contributed by atoms with van der Waals surface area (Å²) in [6.07, 6.45) is 2.40. The van der Waals surface area contributed by atoms with Gasteiger partial charge in [0.1, 0.15) is 28.7 Å². The van der Waals surface area contributed by atoms with Crippen molar-refractivity contribution in [3.63, 3.8) is 0 Å². The maximum Gasteiger partial charge on any atom is 0.362 e. The molecule has 286 valence electrons. The number of ketones is 1. The van der Waals surface area contributed by atoms with Crippen LogP contribution >= 0.6 is 0 Å². The minimum absolute atomic E-state index is 0.0211. The Balaban J connectivity index is 1.43. The first-order valence-corrected chi connectivity index (χ1v) is 19.3. The molecule has 5 atom stereocenters. The zero-order valence-electron chi connectivity index (χ0n) is 31.6. The molecule has 2 heterocycles. The van der Waals surface area contributed by atoms with Gasteiger partial charge in [0, 0.05) is 24.3 Å². The molecule has 1 aromatic heterocycles. The predicted molar refractivity (Wildman–Crippen MR) is 190 cm³/mol. The number of Topliss-reactive ketones (excluding diaryl/α,β-unsaturated/α-hetero) is 1. The Labute approximate surface area is 305 Å². The average Bonchev–Trinajstić information content (AvgIpc) is 3.90. The summed E-state index contributed by atoms with van der Waals surface area (Å²) in [5.41, 5.74) is -3.04. The number of nitrogens with zero attached hydrogens (tertiary/aromatic N) is 3. The van der Waals surface area contributed by atoms with Crippen molar-refractivity contribution in [3.8, 4) is 11.5 Å². The van der Waals surface area contributed by atoms with Crippen LogP contribution in [0.4, 0.5) is 0 Å². The molecule has 52 heavy (non-hydrogen) atoms. The van der Waals surface area contributed by atoms with E-state index in [1.165, 1.54) is 11.1 Å². The molecular weight excluding hydrogens is 692 g/mol. The summed E-state index contributed by atoms with van der Waals surface area (Å²) in [7, 11) is -2.86. The smallest absolute Gasteiger partial charge is 0.362 e. The number of hydrogen-bond acceptors (Lipinski definition) is 12. The molecular formula is C37H52N4O10S. The van der Waals surface area contributed by atoms with Gasteiger partial charge in [-0.1, -0.05) is 34.1 Å². The lowest BCUT2D eigenvalue weighted by molar-refractivity contribution is -0.161. The Kier molecular flexibility index (Phi) is 10.7.